The molecule has 1 N–H and O–H groups in total. The zero-order valence-electron chi connectivity index (χ0n) is 19.0. The molecule has 0 aromatic heterocycles. The zero-order valence-corrected chi connectivity index (χ0v) is 19.0. The molecule has 2 amide bonds. The lowest BCUT2D eigenvalue weighted by molar-refractivity contribution is -0.137. The molecule has 1 aliphatic heterocycles. The second-order valence-electron chi connectivity index (χ2n) is 7.89. The van der Waals surface area contributed by atoms with Gasteiger partial charge in [-0.05, 0) is 61.9 Å². The fourth-order valence-corrected chi connectivity index (χ4v) is 4.01. The summed E-state index contributed by atoms with van der Waals surface area (Å²) < 4.78 is 27.8. The lowest BCUT2D eigenvalue weighted by atomic mass is 10.0. The van der Waals surface area contributed by atoms with Crippen LogP contribution in [-0.2, 0) is 16.1 Å². The molecule has 0 atom stereocenters. The Bertz CT molecular complexity index is 1230. The summed E-state index contributed by atoms with van der Waals surface area (Å²) in [5.41, 5.74) is 2.49. The van der Waals surface area contributed by atoms with Crippen LogP contribution in [0.5, 0.6) is 0 Å². The second kappa shape index (κ2) is 9.87. The second-order valence-corrected chi connectivity index (χ2v) is 7.89. The third-order valence-electron chi connectivity index (χ3n) is 5.85. The summed E-state index contributed by atoms with van der Waals surface area (Å²) in [5.74, 6) is -2.09. The van der Waals surface area contributed by atoms with Crippen molar-refractivity contribution in [3.05, 3.63) is 101 Å². The average molecular weight is 462 g/mol. The predicted molar refractivity (Wildman–Crippen MR) is 129 cm³/mol. The quantitative estimate of drug-likeness (QED) is 0.469. The molecule has 1 aliphatic rings. The first kappa shape index (κ1) is 23.2. The first-order chi connectivity index (χ1) is 16.4. The molecule has 0 aliphatic carbocycles. The van der Waals surface area contributed by atoms with E-state index >= 15 is 0 Å². The highest BCUT2D eigenvalue weighted by Crippen LogP contribution is 2.32. The van der Waals surface area contributed by atoms with Crippen molar-refractivity contribution in [2.24, 2.45) is 0 Å². The van der Waals surface area contributed by atoms with Crippen LogP contribution in [0.3, 0.4) is 0 Å². The van der Waals surface area contributed by atoms with Crippen LogP contribution in [0.2, 0.25) is 0 Å². The summed E-state index contributed by atoms with van der Waals surface area (Å²) in [6, 6.07) is 18.9. The van der Waals surface area contributed by atoms with Gasteiger partial charge in [0, 0.05) is 30.0 Å². The molecule has 0 saturated heterocycles. The lowest BCUT2D eigenvalue weighted by Crippen LogP contribution is -2.32. The van der Waals surface area contributed by atoms with Gasteiger partial charge in [0.25, 0.3) is 11.8 Å². The van der Waals surface area contributed by atoms with Crippen LogP contribution in [0.1, 0.15) is 25.0 Å². The van der Waals surface area contributed by atoms with Crippen LogP contribution < -0.4 is 10.2 Å². The highest BCUT2D eigenvalue weighted by molar-refractivity contribution is 6.36. The lowest BCUT2D eigenvalue weighted by Gasteiger charge is -2.21. The summed E-state index contributed by atoms with van der Waals surface area (Å²) in [4.78, 5) is 29.8. The Balaban J connectivity index is 1.69. The van der Waals surface area contributed by atoms with Crippen molar-refractivity contribution in [1.29, 1.82) is 0 Å². The van der Waals surface area contributed by atoms with Gasteiger partial charge in [0.1, 0.15) is 17.3 Å². The van der Waals surface area contributed by atoms with Gasteiger partial charge in [-0.1, -0.05) is 30.3 Å². The van der Waals surface area contributed by atoms with Gasteiger partial charge in [-0.2, -0.15) is 0 Å². The Hall–Kier alpha value is -4.00. The Kier molecular flexibility index (Phi) is 6.72. The van der Waals surface area contributed by atoms with E-state index in [9.17, 15) is 18.4 Å². The van der Waals surface area contributed by atoms with Crippen LogP contribution >= 0.6 is 0 Å². The number of benzene rings is 3. The number of carbonyl (C=O) groups is 2. The predicted octanol–water partition coefficient (Wildman–Crippen LogP) is 5.20. The Morgan fingerprint density at radius 1 is 0.824 bits per heavy atom. The molecule has 0 radical (unpaired) electrons. The SMILES string of the molecule is CCN(CC)c1ccc(NC2=C(c3ccc(F)cc3)C(=O)N(Cc3ccccc3F)C2=O)cc1. The number of amides is 2. The van der Waals surface area contributed by atoms with E-state index in [1.54, 1.807) is 12.1 Å². The summed E-state index contributed by atoms with van der Waals surface area (Å²) in [6.07, 6.45) is 0. The van der Waals surface area contributed by atoms with E-state index < -0.39 is 23.4 Å². The zero-order chi connectivity index (χ0) is 24.2. The minimum atomic E-state index is -0.569. The molecular formula is C27H25F2N3O2. The summed E-state index contributed by atoms with van der Waals surface area (Å²) in [5, 5.41) is 3.08. The maximum Gasteiger partial charge on any atom is 0.278 e. The molecule has 0 spiro atoms. The third kappa shape index (κ3) is 4.55. The topological polar surface area (TPSA) is 52.7 Å². The number of imide groups is 1. The van der Waals surface area contributed by atoms with E-state index in [2.05, 4.69) is 24.1 Å². The maximum atomic E-state index is 14.2. The van der Waals surface area contributed by atoms with Crippen molar-refractivity contribution in [2.45, 2.75) is 20.4 Å². The monoisotopic (exact) mass is 461 g/mol. The molecule has 0 saturated carbocycles. The van der Waals surface area contributed by atoms with Gasteiger partial charge >= 0.3 is 0 Å². The number of carbonyl (C=O) groups excluding carboxylic acids is 2. The highest BCUT2D eigenvalue weighted by atomic mass is 19.1. The molecule has 0 fully saturated rings. The van der Waals surface area contributed by atoms with Gasteiger partial charge < -0.3 is 10.2 Å². The van der Waals surface area contributed by atoms with Crippen LogP contribution in [0.4, 0.5) is 20.2 Å². The molecule has 3 aromatic rings. The summed E-state index contributed by atoms with van der Waals surface area (Å²) in [6.45, 7) is 5.66. The standard InChI is InChI=1S/C27H25F2N3O2/c1-3-31(4-2)22-15-13-21(14-16-22)30-25-24(18-9-11-20(28)12-10-18)26(33)32(27(25)34)17-19-7-5-6-8-23(19)29/h5-16,30H,3-4,17H2,1-2H3. The van der Waals surface area contributed by atoms with Crippen molar-refractivity contribution in [2.75, 3.05) is 23.3 Å². The number of hydrogen-bond acceptors (Lipinski definition) is 4. The molecule has 7 heteroatoms. The van der Waals surface area contributed by atoms with Crippen molar-refractivity contribution in [3.8, 4) is 0 Å². The smallest absolute Gasteiger partial charge is 0.278 e. The Labute approximate surface area is 197 Å². The minimum absolute atomic E-state index is 0.0727. The van der Waals surface area contributed by atoms with E-state index in [0.29, 0.717) is 11.3 Å². The number of rotatable bonds is 8. The summed E-state index contributed by atoms with van der Waals surface area (Å²) >= 11 is 0. The third-order valence-corrected chi connectivity index (χ3v) is 5.85. The van der Waals surface area contributed by atoms with Crippen LogP contribution in [0.15, 0.2) is 78.5 Å². The number of nitrogens with zero attached hydrogens (tertiary/aromatic N) is 2. The fourth-order valence-electron chi connectivity index (χ4n) is 4.01. The van der Waals surface area contributed by atoms with E-state index in [1.807, 2.05) is 24.3 Å². The van der Waals surface area contributed by atoms with Gasteiger partial charge in [0.2, 0.25) is 0 Å². The van der Waals surface area contributed by atoms with Crippen molar-refractivity contribution < 1.29 is 18.4 Å². The normalized spacial score (nSPS) is 13.6. The van der Waals surface area contributed by atoms with Gasteiger partial charge in [-0.25, -0.2) is 8.78 Å². The molecule has 1 heterocycles. The van der Waals surface area contributed by atoms with E-state index in [4.69, 9.17) is 0 Å². The molecule has 3 aromatic carbocycles. The number of halogens is 2. The van der Waals surface area contributed by atoms with E-state index in [-0.39, 0.29) is 23.4 Å². The molecule has 5 nitrogen and oxygen atoms in total. The van der Waals surface area contributed by atoms with Crippen LogP contribution in [0, 0.1) is 11.6 Å². The van der Waals surface area contributed by atoms with Crippen LogP contribution in [-0.4, -0.2) is 29.8 Å². The Morgan fingerprint density at radius 3 is 2.09 bits per heavy atom. The molecular weight excluding hydrogens is 436 g/mol. The van der Waals surface area contributed by atoms with Crippen molar-refractivity contribution in [3.63, 3.8) is 0 Å². The average Bonchev–Trinajstić information content (AvgIpc) is 3.07. The van der Waals surface area contributed by atoms with E-state index in [0.717, 1.165) is 23.7 Å². The largest absolute Gasteiger partial charge is 0.372 e. The molecule has 34 heavy (non-hydrogen) atoms. The first-order valence-electron chi connectivity index (χ1n) is 11.1. The van der Waals surface area contributed by atoms with Gasteiger partial charge in [-0.15, -0.1) is 0 Å². The van der Waals surface area contributed by atoms with Gasteiger partial charge in [-0.3, -0.25) is 14.5 Å². The van der Waals surface area contributed by atoms with Crippen molar-refractivity contribution >= 4 is 28.8 Å². The number of nitrogens with one attached hydrogen (secondary N) is 1. The molecule has 4 rings (SSSR count). The van der Waals surface area contributed by atoms with Gasteiger partial charge in [0.05, 0.1) is 12.1 Å². The Morgan fingerprint density at radius 2 is 1.47 bits per heavy atom. The molecule has 174 valence electrons. The van der Waals surface area contributed by atoms with Crippen LogP contribution in [0.25, 0.3) is 5.57 Å². The van der Waals surface area contributed by atoms with Gasteiger partial charge in [0.15, 0.2) is 0 Å². The highest BCUT2D eigenvalue weighted by Gasteiger charge is 2.39. The minimum Gasteiger partial charge on any atom is -0.372 e. The number of hydrogen-bond donors (Lipinski definition) is 1. The first-order valence-corrected chi connectivity index (χ1v) is 11.1. The summed E-state index contributed by atoms with van der Waals surface area (Å²) in [7, 11) is 0. The van der Waals surface area contributed by atoms with Crippen molar-refractivity contribution in [1.82, 2.24) is 4.90 Å². The fraction of sp³-hybridized carbons (Fsp3) is 0.185. The molecule has 0 bridgehead atoms. The maximum absolute atomic E-state index is 14.2. The molecule has 0 unspecified atom stereocenters. The van der Waals surface area contributed by atoms with E-state index in [1.165, 1.54) is 36.4 Å². The number of anilines is 2.